The van der Waals surface area contributed by atoms with Crippen molar-refractivity contribution in [3.05, 3.63) is 53.4 Å². The van der Waals surface area contributed by atoms with Crippen molar-refractivity contribution in [1.29, 1.82) is 0 Å². The van der Waals surface area contributed by atoms with Crippen LogP contribution in [0.3, 0.4) is 0 Å². The number of allylic oxidation sites excluding steroid dienone is 3. The van der Waals surface area contributed by atoms with Crippen LogP contribution in [0.2, 0.25) is 0 Å². The molecule has 1 aromatic heterocycles. The highest BCUT2D eigenvalue weighted by Gasteiger charge is 2.40. The van der Waals surface area contributed by atoms with Crippen LogP contribution >= 0.6 is 0 Å². The summed E-state index contributed by atoms with van der Waals surface area (Å²) in [5.74, 6) is -0.377. The minimum Gasteiger partial charge on any atom is -0.406 e. The second-order valence-corrected chi connectivity index (χ2v) is 11.4. The maximum atomic E-state index is 14.0. The molecule has 2 aromatic rings. The number of anilines is 1. The number of nitrogens with two attached hydrogens (primary N) is 1. The zero-order valence-electron chi connectivity index (χ0n) is 24.4. The van der Waals surface area contributed by atoms with Crippen LogP contribution < -0.4 is 10.5 Å². The number of aliphatic imine (C=N–C) groups is 1. The van der Waals surface area contributed by atoms with E-state index in [1.807, 2.05) is 11.8 Å². The minimum absolute atomic E-state index is 0.0379. The molecule has 0 spiro atoms. The van der Waals surface area contributed by atoms with E-state index in [-0.39, 0.29) is 35.3 Å². The number of hydrogen-bond donors (Lipinski definition) is 1. The minimum atomic E-state index is -4.72. The van der Waals surface area contributed by atoms with Gasteiger partial charge in [-0.15, -0.1) is 18.3 Å². The maximum Gasteiger partial charge on any atom is 0.573 e. The van der Waals surface area contributed by atoms with Gasteiger partial charge in [-0.05, 0) is 69.1 Å². The molecule has 4 heterocycles. The highest BCUT2D eigenvalue weighted by Crippen LogP contribution is 2.34. The lowest BCUT2D eigenvalue weighted by molar-refractivity contribution is -0.274. The molecule has 3 aliphatic rings. The average molecular weight is 628 g/mol. The van der Waals surface area contributed by atoms with Gasteiger partial charge in [0, 0.05) is 44.0 Å². The lowest BCUT2D eigenvalue weighted by Gasteiger charge is -2.51. The standard InChI is InChI=1S/C29H35F6N7O2/c1-3-22-17-41(25-13-21(28(30,31)32)12-20(14-37-25)26-38-39-27(36)43-26)18(2)15-42(22)23-8-10-40(11-9-23)16-19-4-6-24(7-5-19)44-29(33,34)35/h4-7,12-14,18,22-23,25H,3,8-11,15-17H2,1-2H3,(H2,36,39)/t18-,22?,25?/m1/s1. The molecule has 3 atom stereocenters. The molecule has 0 aliphatic carbocycles. The van der Waals surface area contributed by atoms with E-state index in [1.165, 1.54) is 18.3 Å². The van der Waals surface area contributed by atoms with Crippen LogP contribution in [0.4, 0.5) is 32.4 Å². The van der Waals surface area contributed by atoms with Gasteiger partial charge in [0.15, 0.2) is 0 Å². The Bertz CT molecular complexity index is 1360. The lowest BCUT2D eigenvalue weighted by Crippen LogP contribution is -2.62. The number of benzene rings is 1. The summed E-state index contributed by atoms with van der Waals surface area (Å²) in [6.45, 7) is 7.61. The second kappa shape index (κ2) is 12.9. The summed E-state index contributed by atoms with van der Waals surface area (Å²) in [6.07, 6.45) is -4.08. The number of aromatic nitrogens is 2. The fourth-order valence-electron chi connectivity index (χ4n) is 6.17. The molecule has 44 heavy (non-hydrogen) atoms. The van der Waals surface area contributed by atoms with Crippen LogP contribution in [0.5, 0.6) is 5.75 Å². The fraction of sp³-hybridized carbons (Fsp3) is 0.552. The maximum absolute atomic E-state index is 14.0. The number of nitrogen functional groups attached to an aromatic ring is 1. The number of rotatable bonds is 7. The van der Waals surface area contributed by atoms with Gasteiger partial charge in [-0.1, -0.05) is 24.2 Å². The predicted octanol–water partition coefficient (Wildman–Crippen LogP) is 5.28. The number of alkyl halides is 6. The van der Waals surface area contributed by atoms with Gasteiger partial charge >= 0.3 is 18.6 Å². The van der Waals surface area contributed by atoms with Crippen LogP contribution in [0.25, 0.3) is 5.57 Å². The zero-order chi connectivity index (χ0) is 31.6. The van der Waals surface area contributed by atoms with E-state index in [0.29, 0.717) is 25.7 Å². The van der Waals surface area contributed by atoms with E-state index < -0.39 is 24.3 Å². The van der Waals surface area contributed by atoms with E-state index in [4.69, 9.17) is 10.2 Å². The van der Waals surface area contributed by atoms with Gasteiger partial charge in [0.05, 0.1) is 11.1 Å². The van der Waals surface area contributed by atoms with E-state index in [2.05, 4.69) is 36.7 Å². The Hall–Kier alpha value is -3.43. The summed E-state index contributed by atoms with van der Waals surface area (Å²) in [5.41, 5.74) is 5.58. The van der Waals surface area contributed by atoms with E-state index in [1.54, 1.807) is 12.1 Å². The number of piperidine rings is 1. The Labute approximate surface area is 251 Å². The first-order valence-electron chi connectivity index (χ1n) is 14.5. The molecule has 1 aromatic carbocycles. The molecule has 0 amide bonds. The Morgan fingerprint density at radius 1 is 1.00 bits per heavy atom. The van der Waals surface area contributed by atoms with E-state index in [9.17, 15) is 26.3 Å². The molecule has 2 N–H and O–H groups in total. The zero-order valence-corrected chi connectivity index (χ0v) is 24.4. The number of halogens is 6. The van der Waals surface area contributed by atoms with E-state index >= 15 is 0 Å². The molecular formula is C29H35F6N7O2. The van der Waals surface area contributed by atoms with Gasteiger partial charge in [-0.3, -0.25) is 19.7 Å². The topological polar surface area (TPSA) is 96.2 Å². The summed E-state index contributed by atoms with van der Waals surface area (Å²) < 4.78 is 88.5. The van der Waals surface area contributed by atoms with Crippen molar-refractivity contribution in [2.75, 3.05) is 31.9 Å². The van der Waals surface area contributed by atoms with Crippen molar-refractivity contribution in [3.63, 3.8) is 0 Å². The first-order valence-corrected chi connectivity index (χ1v) is 14.5. The van der Waals surface area contributed by atoms with Crippen molar-refractivity contribution in [2.45, 2.75) is 76.5 Å². The molecule has 0 bridgehead atoms. The highest BCUT2D eigenvalue weighted by molar-refractivity contribution is 6.09. The summed E-state index contributed by atoms with van der Waals surface area (Å²) in [7, 11) is 0. The average Bonchev–Trinajstić information content (AvgIpc) is 3.26. The molecule has 5 rings (SSSR count). The summed E-state index contributed by atoms with van der Waals surface area (Å²) in [6, 6.07) is 6.07. The van der Waals surface area contributed by atoms with E-state index in [0.717, 1.165) is 50.1 Å². The number of ether oxygens (including phenoxy) is 1. The number of likely N-dealkylation sites (tertiary alicyclic amines) is 1. The molecule has 9 nitrogen and oxygen atoms in total. The van der Waals surface area contributed by atoms with Crippen molar-refractivity contribution in [1.82, 2.24) is 24.9 Å². The van der Waals surface area contributed by atoms with Crippen LogP contribution in [-0.2, 0) is 6.54 Å². The third-order valence-corrected chi connectivity index (χ3v) is 8.35. The molecule has 2 saturated heterocycles. The van der Waals surface area contributed by atoms with Crippen LogP contribution in [-0.4, -0.2) is 94.1 Å². The number of piperazine rings is 1. The summed E-state index contributed by atoms with van der Waals surface area (Å²) >= 11 is 0. The number of nitrogens with zero attached hydrogens (tertiary/aromatic N) is 6. The normalized spacial score (nSPS) is 25.0. The molecule has 15 heteroatoms. The lowest BCUT2D eigenvalue weighted by atomic mass is 9.95. The van der Waals surface area contributed by atoms with Crippen molar-refractivity contribution >= 4 is 17.8 Å². The quantitative estimate of drug-likeness (QED) is 0.415. The van der Waals surface area contributed by atoms with Crippen molar-refractivity contribution in [2.24, 2.45) is 4.99 Å². The Morgan fingerprint density at radius 2 is 1.70 bits per heavy atom. The van der Waals surface area contributed by atoms with Gasteiger partial charge in [-0.25, -0.2) is 0 Å². The SMILES string of the molecule is CCC1CN(C2C=C(C(F)(F)F)C=C(c3nnc(N)o3)C=N2)[C@H](C)CN1C1CCN(Cc2ccc(OC(F)(F)F)cc2)CC1. The molecular weight excluding hydrogens is 592 g/mol. The molecule has 0 saturated carbocycles. The third kappa shape index (κ3) is 7.80. The Kier molecular flexibility index (Phi) is 9.37. The van der Waals surface area contributed by atoms with Crippen molar-refractivity contribution < 1.29 is 35.5 Å². The van der Waals surface area contributed by atoms with Crippen LogP contribution in [0, 0.1) is 0 Å². The van der Waals surface area contributed by atoms with Crippen LogP contribution in [0.15, 0.2) is 51.4 Å². The van der Waals surface area contributed by atoms with Gasteiger partial charge in [-0.2, -0.15) is 13.2 Å². The van der Waals surface area contributed by atoms with Crippen molar-refractivity contribution in [3.8, 4) is 5.75 Å². The fourth-order valence-corrected chi connectivity index (χ4v) is 6.17. The molecule has 240 valence electrons. The Morgan fingerprint density at radius 3 is 2.30 bits per heavy atom. The molecule has 2 fully saturated rings. The van der Waals surface area contributed by atoms with Gasteiger partial charge < -0.3 is 14.9 Å². The number of hydrogen-bond acceptors (Lipinski definition) is 9. The second-order valence-electron chi connectivity index (χ2n) is 11.4. The molecule has 0 radical (unpaired) electrons. The molecule has 2 unspecified atom stereocenters. The first-order chi connectivity index (χ1) is 20.8. The predicted molar refractivity (Wildman–Crippen MR) is 151 cm³/mol. The molecule has 3 aliphatic heterocycles. The first kappa shape index (κ1) is 32.0. The third-order valence-electron chi connectivity index (χ3n) is 8.35. The summed E-state index contributed by atoms with van der Waals surface area (Å²) in [4.78, 5) is 11.3. The van der Waals surface area contributed by atoms with Gasteiger partial charge in [0.1, 0.15) is 11.9 Å². The smallest absolute Gasteiger partial charge is 0.406 e. The monoisotopic (exact) mass is 627 g/mol. The van der Waals surface area contributed by atoms with Gasteiger partial charge in [0.2, 0.25) is 0 Å². The van der Waals surface area contributed by atoms with Crippen LogP contribution in [0.1, 0.15) is 44.6 Å². The van der Waals surface area contributed by atoms with Gasteiger partial charge in [0.25, 0.3) is 5.89 Å². The Balaban J connectivity index is 1.21. The highest BCUT2D eigenvalue weighted by atomic mass is 19.4. The summed E-state index contributed by atoms with van der Waals surface area (Å²) in [5, 5.41) is 7.26. The largest absolute Gasteiger partial charge is 0.573 e.